The predicted molar refractivity (Wildman–Crippen MR) is 53.8 cm³/mol. The van der Waals surface area contributed by atoms with Crippen molar-refractivity contribution in [2.45, 2.75) is 31.6 Å². The van der Waals surface area contributed by atoms with Crippen LogP contribution in [0.4, 0.5) is 0 Å². The molecule has 0 saturated heterocycles. The minimum Gasteiger partial charge on any atom is -0.395 e. The molecule has 0 heterocycles. The maximum atomic E-state index is 9.36. The van der Waals surface area contributed by atoms with E-state index in [1.807, 2.05) is 0 Å². The maximum absolute atomic E-state index is 9.36. The fraction of sp³-hybridized carbons (Fsp3) is 0.500. The molecular weight excluding hydrogens is 160 g/mol. The first-order valence-electron chi connectivity index (χ1n) is 4.95. The molecule has 0 radical (unpaired) electrons. The van der Waals surface area contributed by atoms with Crippen molar-refractivity contribution in [3.05, 3.63) is 35.4 Å². The Kier molecular flexibility index (Phi) is 2.12. The standard InChI is InChI=1S/C12H16O/c1-10-3-5-11(6-4-10)12(9-13)7-2-8-12/h3-6,13H,2,7-9H2,1H3. The van der Waals surface area contributed by atoms with Crippen LogP contribution in [0.25, 0.3) is 0 Å². The molecule has 0 atom stereocenters. The summed E-state index contributed by atoms with van der Waals surface area (Å²) >= 11 is 0. The fourth-order valence-corrected chi connectivity index (χ4v) is 2.05. The largest absolute Gasteiger partial charge is 0.395 e. The Hall–Kier alpha value is -0.820. The third-order valence-electron chi connectivity index (χ3n) is 3.28. The monoisotopic (exact) mass is 176 g/mol. The van der Waals surface area contributed by atoms with Crippen molar-refractivity contribution in [2.24, 2.45) is 0 Å². The van der Waals surface area contributed by atoms with Crippen LogP contribution in [0, 0.1) is 6.92 Å². The molecule has 1 nitrogen and oxygen atoms in total. The molecule has 0 aromatic heterocycles. The van der Waals surface area contributed by atoms with Gasteiger partial charge in [-0.1, -0.05) is 36.2 Å². The normalized spacial score (nSPS) is 19.5. The Morgan fingerprint density at radius 2 is 1.85 bits per heavy atom. The molecule has 1 aromatic carbocycles. The van der Waals surface area contributed by atoms with Gasteiger partial charge < -0.3 is 5.11 Å². The van der Waals surface area contributed by atoms with Crippen molar-refractivity contribution in [3.63, 3.8) is 0 Å². The Morgan fingerprint density at radius 1 is 1.23 bits per heavy atom. The van der Waals surface area contributed by atoms with Crippen LogP contribution in [0.5, 0.6) is 0 Å². The second-order valence-corrected chi connectivity index (χ2v) is 4.16. The summed E-state index contributed by atoms with van der Waals surface area (Å²) in [4.78, 5) is 0. The lowest BCUT2D eigenvalue weighted by molar-refractivity contribution is 0.120. The van der Waals surface area contributed by atoms with Crippen LogP contribution in [0.15, 0.2) is 24.3 Å². The van der Waals surface area contributed by atoms with E-state index in [0.717, 1.165) is 12.8 Å². The molecule has 1 fully saturated rings. The molecule has 0 aliphatic heterocycles. The van der Waals surface area contributed by atoms with Crippen LogP contribution in [0.2, 0.25) is 0 Å². The summed E-state index contributed by atoms with van der Waals surface area (Å²) in [6.45, 7) is 2.40. The molecule has 70 valence electrons. The van der Waals surface area contributed by atoms with Crippen LogP contribution in [0.1, 0.15) is 30.4 Å². The topological polar surface area (TPSA) is 20.2 Å². The molecule has 0 amide bonds. The molecule has 0 bridgehead atoms. The number of rotatable bonds is 2. The highest BCUT2D eigenvalue weighted by Crippen LogP contribution is 2.43. The Morgan fingerprint density at radius 3 is 2.23 bits per heavy atom. The molecule has 1 aromatic rings. The first-order valence-corrected chi connectivity index (χ1v) is 4.95. The van der Waals surface area contributed by atoms with Gasteiger partial charge in [-0.15, -0.1) is 0 Å². The fourth-order valence-electron chi connectivity index (χ4n) is 2.05. The van der Waals surface area contributed by atoms with E-state index in [0.29, 0.717) is 6.61 Å². The van der Waals surface area contributed by atoms with Crippen molar-refractivity contribution >= 4 is 0 Å². The lowest BCUT2D eigenvalue weighted by Gasteiger charge is -2.40. The summed E-state index contributed by atoms with van der Waals surface area (Å²) in [6.07, 6.45) is 3.55. The highest BCUT2D eigenvalue weighted by atomic mass is 16.3. The lowest BCUT2D eigenvalue weighted by Crippen LogP contribution is -2.37. The van der Waals surface area contributed by atoms with Gasteiger partial charge >= 0.3 is 0 Å². The lowest BCUT2D eigenvalue weighted by atomic mass is 9.65. The van der Waals surface area contributed by atoms with E-state index in [-0.39, 0.29) is 5.41 Å². The second-order valence-electron chi connectivity index (χ2n) is 4.16. The molecular formula is C12H16O. The van der Waals surface area contributed by atoms with E-state index in [1.54, 1.807) is 0 Å². The summed E-state index contributed by atoms with van der Waals surface area (Å²) in [5.41, 5.74) is 2.70. The highest BCUT2D eigenvalue weighted by molar-refractivity contribution is 5.30. The van der Waals surface area contributed by atoms with Gasteiger partial charge in [-0.05, 0) is 25.3 Å². The summed E-state index contributed by atoms with van der Waals surface area (Å²) in [5.74, 6) is 0. The number of hydrogen-bond acceptors (Lipinski definition) is 1. The predicted octanol–water partition coefficient (Wildman–Crippen LogP) is 2.41. The van der Waals surface area contributed by atoms with Gasteiger partial charge in [0.2, 0.25) is 0 Å². The molecule has 1 saturated carbocycles. The van der Waals surface area contributed by atoms with Crippen LogP contribution in [0.3, 0.4) is 0 Å². The highest BCUT2D eigenvalue weighted by Gasteiger charge is 2.37. The van der Waals surface area contributed by atoms with Gasteiger partial charge in [0.15, 0.2) is 0 Å². The van der Waals surface area contributed by atoms with Crippen molar-refractivity contribution in [1.82, 2.24) is 0 Å². The van der Waals surface area contributed by atoms with E-state index < -0.39 is 0 Å². The summed E-state index contributed by atoms with van der Waals surface area (Å²) < 4.78 is 0. The maximum Gasteiger partial charge on any atom is 0.0527 e. The number of aryl methyl sites for hydroxylation is 1. The molecule has 1 heteroatoms. The number of aliphatic hydroxyl groups excluding tert-OH is 1. The van der Waals surface area contributed by atoms with Gasteiger partial charge in [0, 0.05) is 5.41 Å². The number of aliphatic hydroxyl groups is 1. The molecule has 1 aliphatic carbocycles. The van der Waals surface area contributed by atoms with Crippen LogP contribution in [-0.4, -0.2) is 11.7 Å². The number of benzene rings is 1. The zero-order valence-corrected chi connectivity index (χ0v) is 8.09. The average molecular weight is 176 g/mol. The van der Waals surface area contributed by atoms with E-state index in [2.05, 4.69) is 31.2 Å². The van der Waals surface area contributed by atoms with Crippen molar-refractivity contribution < 1.29 is 5.11 Å². The summed E-state index contributed by atoms with van der Waals surface area (Å²) in [6, 6.07) is 8.57. The van der Waals surface area contributed by atoms with Gasteiger partial charge in [-0.3, -0.25) is 0 Å². The van der Waals surface area contributed by atoms with E-state index in [1.165, 1.54) is 17.5 Å². The second kappa shape index (κ2) is 3.15. The first-order chi connectivity index (χ1) is 6.27. The SMILES string of the molecule is Cc1ccc(C2(CO)CCC2)cc1. The molecule has 1 N–H and O–H groups in total. The van der Waals surface area contributed by atoms with Crippen molar-refractivity contribution in [3.8, 4) is 0 Å². The third kappa shape index (κ3) is 1.37. The average Bonchev–Trinajstić information content (AvgIpc) is 2.07. The van der Waals surface area contributed by atoms with Gasteiger partial charge in [-0.25, -0.2) is 0 Å². The van der Waals surface area contributed by atoms with E-state index in [4.69, 9.17) is 0 Å². The summed E-state index contributed by atoms with van der Waals surface area (Å²) in [7, 11) is 0. The van der Waals surface area contributed by atoms with Gasteiger partial charge in [0.1, 0.15) is 0 Å². The van der Waals surface area contributed by atoms with Gasteiger partial charge in [0.05, 0.1) is 6.61 Å². The molecule has 13 heavy (non-hydrogen) atoms. The number of hydrogen-bond donors (Lipinski definition) is 1. The van der Waals surface area contributed by atoms with Crippen molar-refractivity contribution in [2.75, 3.05) is 6.61 Å². The van der Waals surface area contributed by atoms with Gasteiger partial charge in [-0.2, -0.15) is 0 Å². The van der Waals surface area contributed by atoms with Crippen LogP contribution < -0.4 is 0 Å². The zero-order valence-electron chi connectivity index (χ0n) is 8.09. The smallest absolute Gasteiger partial charge is 0.0527 e. The van der Waals surface area contributed by atoms with Crippen molar-refractivity contribution in [1.29, 1.82) is 0 Å². The zero-order chi connectivity index (χ0) is 9.31. The van der Waals surface area contributed by atoms with Crippen LogP contribution in [-0.2, 0) is 5.41 Å². The molecule has 0 unspecified atom stereocenters. The Labute approximate surface area is 79.4 Å². The quantitative estimate of drug-likeness (QED) is 0.733. The molecule has 0 spiro atoms. The van der Waals surface area contributed by atoms with Gasteiger partial charge in [0.25, 0.3) is 0 Å². The first kappa shape index (κ1) is 8.76. The molecule has 2 rings (SSSR count). The Bertz CT molecular complexity index is 277. The molecule has 1 aliphatic rings. The van der Waals surface area contributed by atoms with E-state index >= 15 is 0 Å². The third-order valence-corrected chi connectivity index (χ3v) is 3.28. The summed E-state index contributed by atoms with van der Waals surface area (Å²) in [5, 5.41) is 9.36. The minimum atomic E-state index is 0.105. The Balaban J connectivity index is 2.28. The minimum absolute atomic E-state index is 0.105. The van der Waals surface area contributed by atoms with Crippen LogP contribution >= 0.6 is 0 Å². The van der Waals surface area contributed by atoms with E-state index in [9.17, 15) is 5.11 Å².